The van der Waals surface area contributed by atoms with Gasteiger partial charge in [0.25, 0.3) is 5.91 Å². The quantitative estimate of drug-likeness (QED) is 0.713. The minimum atomic E-state index is -0.0514. The molecule has 1 amide bonds. The summed E-state index contributed by atoms with van der Waals surface area (Å²) in [5.74, 6) is -0.0514. The van der Waals surface area contributed by atoms with Crippen LogP contribution in [0.1, 0.15) is 28.8 Å². The summed E-state index contributed by atoms with van der Waals surface area (Å²) in [5.41, 5.74) is 2.67. The fourth-order valence-electron chi connectivity index (χ4n) is 3.70. The normalized spacial score (nSPS) is 17.4. The van der Waals surface area contributed by atoms with Crippen LogP contribution >= 0.6 is 11.6 Å². The second-order valence-corrected chi connectivity index (χ2v) is 7.58. The van der Waals surface area contributed by atoms with Gasteiger partial charge in [-0.1, -0.05) is 35.9 Å². The standard InChI is InChI=1S/C22H23ClN4O/c23-18-10-8-17(9-11-18)15-26-13-3-5-19(16-26)25-22(28)20-6-1-2-7-21(20)27-14-4-12-24-27/h1-2,4,6-12,14,19H,3,5,13,15-16H2,(H,25,28). The van der Waals surface area contributed by atoms with E-state index in [0.717, 1.165) is 43.2 Å². The lowest BCUT2D eigenvalue weighted by Crippen LogP contribution is -2.47. The Hall–Kier alpha value is -2.63. The van der Waals surface area contributed by atoms with Gasteiger partial charge in [-0.2, -0.15) is 5.10 Å². The summed E-state index contributed by atoms with van der Waals surface area (Å²) in [5, 5.41) is 8.23. The van der Waals surface area contributed by atoms with Crippen LogP contribution in [0.25, 0.3) is 5.69 Å². The van der Waals surface area contributed by atoms with Crippen LogP contribution in [-0.2, 0) is 6.54 Å². The number of halogens is 1. The number of amides is 1. The smallest absolute Gasteiger partial charge is 0.253 e. The first-order valence-corrected chi connectivity index (χ1v) is 9.93. The van der Waals surface area contributed by atoms with Crippen molar-refractivity contribution in [3.05, 3.63) is 83.1 Å². The number of benzene rings is 2. The lowest BCUT2D eigenvalue weighted by Gasteiger charge is -2.33. The van der Waals surface area contributed by atoms with E-state index in [2.05, 4.69) is 27.4 Å². The summed E-state index contributed by atoms with van der Waals surface area (Å²) in [6.07, 6.45) is 5.62. The maximum absolute atomic E-state index is 12.9. The van der Waals surface area contributed by atoms with E-state index < -0.39 is 0 Å². The van der Waals surface area contributed by atoms with E-state index >= 15 is 0 Å². The van der Waals surface area contributed by atoms with Gasteiger partial charge < -0.3 is 5.32 Å². The van der Waals surface area contributed by atoms with Gasteiger partial charge in [-0.15, -0.1) is 0 Å². The topological polar surface area (TPSA) is 50.2 Å². The van der Waals surface area contributed by atoms with Crippen LogP contribution in [-0.4, -0.2) is 39.7 Å². The van der Waals surface area contributed by atoms with Crippen molar-refractivity contribution >= 4 is 17.5 Å². The van der Waals surface area contributed by atoms with Crippen molar-refractivity contribution in [2.45, 2.75) is 25.4 Å². The Morgan fingerprint density at radius 3 is 2.75 bits per heavy atom. The maximum atomic E-state index is 12.9. The van der Waals surface area contributed by atoms with E-state index in [9.17, 15) is 4.79 Å². The zero-order chi connectivity index (χ0) is 19.3. The van der Waals surface area contributed by atoms with Crippen molar-refractivity contribution in [3.8, 4) is 5.69 Å². The second-order valence-electron chi connectivity index (χ2n) is 7.14. The molecule has 1 aliphatic heterocycles. The highest BCUT2D eigenvalue weighted by Crippen LogP contribution is 2.18. The first-order valence-electron chi connectivity index (χ1n) is 9.56. The predicted molar refractivity (Wildman–Crippen MR) is 111 cm³/mol. The van der Waals surface area contributed by atoms with Crippen molar-refractivity contribution in [2.24, 2.45) is 0 Å². The van der Waals surface area contributed by atoms with Crippen molar-refractivity contribution in [3.63, 3.8) is 0 Å². The summed E-state index contributed by atoms with van der Waals surface area (Å²) in [6, 6.07) is 17.5. The molecule has 0 saturated carbocycles. The van der Waals surface area contributed by atoms with Crippen LogP contribution in [0.5, 0.6) is 0 Å². The van der Waals surface area contributed by atoms with Gasteiger partial charge in [0.1, 0.15) is 0 Å². The largest absolute Gasteiger partial charge is 0.348 e. The molecule has 2 heterocycles. The number of nitrogens with zero attached hydrogens (tertiary/aromatic N) is 3. The van der Waals surface area contributed by atoms with E-state index in [1.165, 1.54) is 5.56 Å². The summed E-state index contributed by atoms with van der Waals surface area (Å²) in [7, 11) is 0. The van der Waals surface area contributed by atoms with Gasteiger partial charge in [0, 0.05) is 36.5 Å². The van der Waals surface area contributed by atoms with Crippen molar-refractivity contribution in [2.75, 3.05) is 13.1 Å². The summed E-state index contributed by atoms with van der Waals surface area (Å²) < 4.78 is 1.72. The molecule has 1 N–H and O–H groups in total. The molecule has 5 nitrogen and oxygen atoms in total. The van der Waals surface area contributed by atoms with Crippen LogP contribution in [0.4, 0.5) is 0 Å². The number of likely N-dealkylation sites (tertiary alicyclic amines) is 1. The molecular formula is C22H23ClN4O. The van der Waals surface area contributed by atoms with Crippen LogP contribution in [0.15, 0.2) is 67.0 Å². The number of nitrogens with one attached hydrogen (secondary N) is 1. The highest BCUT2D eigenvalue weighted by molar-refractivity contribution is 6.30. The number of hydrogen-bond acceptors (Lipinski definition) is 3. The molecule has 144 valence electrons. The Balaban J connectivity index is 1.41. The number of carbonyl (C=O) groups is 1. The van der Waals surface area contributed by atoms with Gasteiger partial charge in [0.2, 0.25) is 0 Å². The molecule has 0 radical (unpaired) electrons. The zero-order valence-electron chi connectivity index (χ0n) is 15.6. The molecule has 4 rings (SSSR count). The van der Waals surface area contributed by atoms with Crippen LogP contribution in [0.2, 0.25) is 5.02 Å². The molecule has 0 aliphatic carbocycles. The number of hydrogen-bond donors (Lipinski definition) is 1. The molecule has 1 unspecified atom stereocenters. The minimum absolute atomic E-state index is 0.0514. The number of piperidine rings is 1. The van der Waals surface area contributed by atoms with Crippen LogP contribution in [0.3, 0.4) is 0 Å². The summed E-state index contributed by atoms with van der Waals surface area (Å²) in [6.45, 7) is 2.75. The molecule has 28 heavy (non-hydrogen) atoms. The molecule has 1 aliphatic rings. The number of rotatable bonds is 5. The molecule has 1 aromatic heterocycles. The fourth-order valence-corrected chi connectivity index (χ4v) is 3.83. The molecule has 2 aromatic carbocycles. The zero-order valence-corrected chi connectivity index (χ0v) is 16.3. The van der Waals surface area contributed by atoms with Gasteiger partial charge in [-0.3, -0.25) is 9.69 Å². The molecule has 6 heteroatoms. The monoisotopic (exact) mass is 394 g/mol. The average molecular weight is 395 g/mol. The Morgan fingerprint density at radius 1 is 1.14 bits per heavy atom. The highest BCUT2D eigenvalue weighted by Gasteiger charge is 2.23. The fraction of sp³-hybridized carbons (Fsp3) is 0.273. The first-order chi connectivity index (χ1) is 13.7. The van der Waals surface area contributed by atoms with E-state index in [1.807, 2.05) is 48.7 Å². The summed E-state index contributed by atoms with van der Waals surface area (Å²) >= 11 is 5.98. The van der Waals surface area contributed by atoms with Gasteiger partial charge >= 0.3 is 0 Å². The molecule has 3 aromatic rings. The molecule has 1 saturated heterocycles. The molecule has 1 atom stereocenters. The third-order valence-corrected chi connectivity index (χ3v) is 5.31. The number of aromatic nitrogens is 2. The Morgan fingerprint density at radius 2 is 1.96 bits per heavy atom. The number of para-hydroxylation sites is 1. The Labute approximate surface area is 169 Å². The van der Waals surface area contributed by atoms with Crippen molar-refractivity contribution in [1.82, 2.24) is 20.0 Å². The lowest BCUT2D eigenvalue weighted by molar-refractivity contribution is 0.0900. The average Bonchev–Trinajstić information content (AvgIpc) is 3.25. The van der Waals surface area contributed by atoms with Gasteiger partial charge in [-0.25, -0.2) is 4.68 Å². The molecule has 0 spiro atoms. The SMILES string of the molecule is O=C(NC1CCCN(Cc2ccc(Cl)cc2)C1)c1ccccc1-n1cccn1. The molecule has 1 fully saturated rings. The maximum Gasteiger partial charge on any atom is 0.253 e. The molecular weight excluding hydrogens is 372 g/mol. The predicted octanol–water partition coefficient (Wildman–Crippen LogP) is 3.92. The second kappa shape index (κ2) is 8.59. The Kier molecular flexibility index (Phi) is 5.74. The van der Waals surface area contributed by atoms with Crippen LogP contribution in [0, 0.1) is 0 Å². The first kappa shape index (κ1) is 18.7. The van der Waals surface area contributed by atoms with Crippen LogP contribution < -0.4 is 5.32 Å². The Bertz CT molecular complexity index is 924. The minimum Gasteiger partial charge on any atom is -0.348 e. The van der Waals surface area contributed by atoms with Crippen molar-refractivity contribution < 1.29 is 4.79 Å². The van der Waals surface area contributed by atoms with Gasteiger partial charge in [-0.05, 0) is 55.3 Å². The van der Waals surface area contributed by atoms with E-state index in [4.69, 9.17) is 11.6 Å². The third kappa shape index (κ3) is 4.43. The van der Waals surface area contributed by atoms with E-state index in [0.29, 0.717) is 5.56 Å². The van der Waals surface area contributed by atoms with Crippen molar-refractivity contribution in [1.29, 1.82) is 0 Å². The third-order valence-electron chi connectivity index (χ3n) is 5.06. The van der Waals surface area contributed by atoms with E-state index in [-0.39, 0.29) is 11.9 Å². The summed E-state index contributed by atoms with van der Waals surface area (Å²) in [4.78, 5) is 15.3. The highest BCUT2D eigenvalue weighted by atomic mass is 35.5. The number of carbonyl (C=O) groups excluding carboxylic acids is 1. The van der Waals surface area contributed by atoms with Gasteiger partial charge in [0.15, 0.2) is 0 Å². The van der Waals surface area contributed by atoms with Gasteiger partial charge in [0.05, 0.1) is 11.3 Å². The molecule has 0 bridgehead atoms. The lowest BCUT2D eigenvalue weighted by atomic mass is 10.0. The van der Waals surface area contributed by atoms with E-state index in [1.54, 1.807) is 10.9 Å².